The summed E-state index contributed by atoms with van der Waals surface area (Å²) >= 11 is 0. The molecule has 4 heteroatoms. The van der Waals surface area contributed by atoms with Gasteiger partial charge in [-0.3, -0.25) is 9.97 Å². The van der Waals surface area contributed by atoms with Crippen LogP contribution in [0.1, 0.15) is 44.6 Å². The second-order valence-corrected chi connectivity index (χ2v) is 4.58. The molecule has 1 aromatic rings. The monoisotopic (exact) mass is 250 g/mol. The summed E-state index contributed by atoms with van der Waals surface area (Å²) < 4.78 is 0. The number of hydrogen-bond acceptors (Lipinski definition) is 4. The molecule has 0 fully saturated rings. The second-order valence-electron chi connectivity index (χ2n) is 4.58. The van der Waals surface area contributed by atoms with Crippen LogP contribution in [0.15, 0.2) is 12.4 Å². The maximum Gasteiger partial charge on any atom is 0.0782 e. The van der Waals surface area contributed by atoms with Gasteiger partial charge in [0.25, 0.3) is 0 Å². The van der Waals surface area contributed by atoms with Crippen molar-refractivity contribution in [2.45, 2.75) is 40.2 Å². The Morgan fingerprint density at radius 3 is 2.50 bits per heavy atom. The number of aryl methyl sites for hydroxylation is 1. The predicted octanol–water partition coefficient (Wildman–Crippen LogP) is 2.17. The second kappa shape index (κ2) is 8.16. The third-order valence-corrected chi connectivity index (χ3v) is 3.33. The van der Waals surface area contributed by atoms with Crippen molar-refractivity contribution in [2.24, 2.45) is 0 Å². The molecule has 0 saturated heterocycles. The molecule has 0 aliphatic rings. The molecule has 18 heavy (non-hydrogen) atoms. The van der Waals surface area contributed by atoms with E-state index in [2.05, 4.69) is 41.0 Å². The molecule has 0 aliphatic carbocycles. The lowest BCUT2D eigenvalue weighted by atomic mass is 10.2. The molecule has 0 radical (unpaired) electrons. The van der Waals surface area contributed by atoms with Crippen molar-refractivity contribution in [3.8, 4) is 0 Å². The SMILES string of the molecule is CCN(CC)CCCNC(C)c1nccnc1C. The molecule has 1 aromatic heterocycles. The average Bonchev–Trinajstić information content (AvgIpc) is 2.39. The van der Waals surface area contributed by atoms with Crippen LogP contribution in [0.25, 0.3) is 0 Å². The fourth-order valence-electron chi connectivity index (χ4n) is 2.10. The minimum absolute atomic E-state index is 0.274. The van der Waals surface area contributed by atoms with Gasteiger partial charge in [-0.1, -0.05) is 13.8 Å². The third-order valence-electron chi connectivity index (χ3n) is 3.33. The molecule has 1 heterocycles. The highest BCUT2D eigenvalue weighted by Crippen LogP contribution is 2.11. The number of nitrogens with one attached hydrogen (secondary N) is 1. The predicted molar refractivity (Wildman–Crippen MR) is 75.6 cm³/mol. The standard InChI is InChI=1S/C14H26N4/c1-5-18(6-2)11-7-8-15-12(3)14-13(4)16-9-10-17-14/h9-10,12,15H,5-8,11H2,1-4H3. The minimum atomic E-state index is 0.274. The lowest BCUT2D eigenvalue weighted by molar-refractivity contribution is 0.296. The van der Waals surface area contributed by atoms with Crippen LogP contribution < -0.4 is 5.32 Å². The van der Waals surface area contributed by atoms with E-state index in [0.717, 1.165) is 37.6 Å². The number of hydrogen-bond donors (Lipinski definition) is 1. The topological polar surface area (TPSA) is 41.0 Å². The van der Waals surface area contributed by atoms with Crippen LogP contribution in [0.3, 0.4) is 0 Å². The molecule has 1 N–H and O–H groups in total. The van der Waals surface area contributed by atoms with Crippen molar-refractivity contribution in [2.75, 3.05) is 26.2 Å². The van der Waals surface area contributed by atoms with E-state index in [9.17, 15) is 0 Å². The maximum absolute atomic E-state index is 4.39. The first-order chi connectivity index (χ1) is 8.69. The van der Waals surface area contributed by atoms with E-state index in [0.29, 0.717) is 0 Å². The number of nitrogens with zero attached hydrogens (tertiary/aromatic N) is 3. The smallest absolute Gasteiger partial charge is 0.0782 e. The van der Waals surface area contributed by atoms with Crippen LogP contribution in [-0.2, 0) is 0 Å². The number of aromatic nitrogens is 2. The van der Waals surface area contributed by atoms with Crippen LogP contribution in [0.2, 0.25) is 0 Å². The van der Waals surface area contributed by atoms with Crippen molar-refractivity contribution in [3.63, 3.8) is 0 Å². The zero-order valence-electron chi connectivity index (χ0n) is 12.1. The van der Waals surface area contributed by atoms with Crippen LogP contribution in [0.4, 0.5) is 0 Å². The van der Waals surface area contributed by atoms with Gasteiger partial charge >= 0.3 is 0 Å². The minimum Gasteiger partial charge on any atom is -0.309 e. The maximum atomic E-state index is 4.39. The molecule has 0 aromatic carbocycles. The van der Waals surface area contributed by atoms with Gasteiger partial charge in [-0.15, -0.1) is 0 Å². The summed E-state index contributed by atoms with van der Waals surface area (Å²) in [5.74, 6) is 0. The summed E-state index contributed by atoms with van der Waals surface area (Å²) in [7, 11) is 0. The van der Waals surface area contributed by atoms with Gasteiger partial charge in [0.05, 0.1) is 11.4 Å². The Kier molecular flexibility index (Phi) is 6.83. The van der Waals surface area contributed by atoms with Crippen LogP contribution in [0.5, 0.6) is 0 Å². The van der Waals surface area contributed by atoms with Crippen molar-refractivity contribution in [3.05, 3.63) is 23.8 Å². The summed E-state index contributed by atoms with van der Waals surface area (Å²) in [4.78, 5) is 11.1. The fourth-order valence-corrected chi connectivity index (χ4v) is 2.10. The Morgan fingerprint density at radius 2 is 1.89 bits per heavy atom. The fraction of sp³-hybridized carbons (Fsp3) is 0.714. The Labute approximate surface area is 111 Å². The molecule has 0 saturated carbocycles. The van der Waals surface area contributed by atoms with E-state index in [4.69, 9.17) is 0 Å². The van der Waals surface area contributed by atoms with Crippen LogP contribution >= 0.6 is 0 Å². The quantitative estimate of drug-likeness (QED) is 0.718. The molecular formula is C14H26N4. The van der Waals surface area contributed by atoms with E-state index in [-0.39, 0.29) is 6.04 Å². The third kappa shape index (κ3) is 4.70. The summed E-state index contributed by atoms with van der Waals surface area (Å²) in [6, 6.07) is 0.274. The first kappa shape index (κ1) is 15.1. The highest BCUT2D eigenvalue weighted by molar-refractivity contribution is 5.12. The molecule has 102 valence electrons. The van der Waals surface area contributed by atoms with Gasteiger partial charge in [0.2, 0.25) is 0 Å². The summed E-state index contributed by atoms with van der Waals surface area (Å²) in [5, 5.41) is 3.51. The van der Waals surface area contributed by atoms with Crippen LogP contribution in [-0.4, -0.2) is 41.0 Å². The Morgan fingerprint density at radius 1 is 1.22 bits per heavy atom. The first-order valence-electron chi connectivity index (χ1n) is 6.92. The van der Waals surface area contributed by atoms with Gasteiger partial charge in [-0.25, -0.2) is 0 Å². The van der Waals surface area contributed by atoms with Crippen molar-refractivity contribution in [1.29, 1.82) is 0 Å². The van der Waals surface area contributed by atoms with Crippen LogP contribution in [0, 0.1) is 6.92 Å². The Balaban J connectivity index is 2.29. The highest BCUT2D eigenvalue weighted by Gasteiger charge is 2.09. The van der Waals surface area contributed by atoms with Crippen molar-refractivity contribution in [1.82, 2.24) is 20.2 Å². The zero-order chi connectivity index (χ0) is 13.4. The molecule has 1 unspecified atom stereocenters. The van der Waals surface area contributed by atoms with Gasteiger partial charge in [0.15, 0.2) is 0 Å². The average molecular weight is 250 g/mol. The zero-order valence-corrected chi connectivity index (χ0v) is 12.1. The Hall–Kier alpha value is -1.00. The highest BCUT2D eigenvalue weighted by atomic mass is 15.1. The van der Waals surface area contributed by atoms with Gasteiger partial charge in [0.1, 0.15) is 0 Å². The normalized spacial score (nSPS) is 12.9. The molecular weight excluding hydrogens is 224 g/mol. The van der Waals surface area contributed by atoms with Gasteiger partial charge in [-0.2, -0.15) is 0 Å². The lowest BCUT2D eigenvalue weighted by Gasteiger charge is -2.19. The summed E-state index contributed by atoms with van der Waals surface area (Å²) in [5.41, 5.74) is 2.07. The summed E-state index contributed by atoms with van der Waals surface area (Å²) in [6.45, 7) is 13.0. The molecule has 0 aliphatic heterocycles. The molecule has 0 spiro atoms. The van der Waals surface area contributed by atoms with E-state index in [1.54, 1.807) is 12.4 Å². The Bertz CT molecular complexity index is 336. The van der Waals surface area contributed by atoms with Crippen molar-refractivity contribution < 1.29 is 0 Å². The van der Waals surface area contributed by atoms with E-state index >= 15 is 0 Å². The van der Waals surface area contributed by atoms with Gasteiger partial charge < -0.3 is 10.2 Å². The lowest BCUT2D eigenvalue weighted by Crippen LogP contribution is -2.28. The molecule has 0 bridgehead atoms. The van der Waals surface area contributed by atoms with E-state index < -0.39 is 0 Å². The molecule has 4 nitrogen and oxygen atoms in total. The number of rotatable bonds is 8. The molecule has 1 atom stereocenters. The van der Waals surface area contributed by atoms with Gasteiger partial charge in [-0.05, 0) is 46.4 Å². The molecule has 1 rings (SSSR count). The van der Waals surface area contributed by atoms with Crippen molar-refractivity contribution >= 4 is 0 Å². The van der Waals surface area contributed by atoms with Gasteiger partial charge in [0, 0.05) is 18.4 Å². The van der Waals surface area contributed by atoms with E-state index in [1.807, 2.05) is 6.92 Å². The summed E-state index contributed by atoms with van der Waals surface area (Å²) in [6.07, 6.45) is 4.67. The largest absolute Gasteiger partial charge is 0.309 e. The van der Waals surface area contributed by atoms with E-state index in [1.165, 1.54) is 6.42 Å². The molecule has 0 amide bonds. The first-order valence-corrected chi connectivity index (χ1v) is 6.92.